The molecular formula is C16H19FN2O4S2. The largest absolute Gasteiger partial charge is 0.365 e. The zero-order chi connectivity index (χ0) is 18.7. The molecule has 25 heavy (non-hydrogen) atoms. The summed E-state index contributed by atoms with van der Waals surface area (Å²) in [6.07, 6.45) is 3.60. The monoisotopic (exact) mass is 386 g/mol. The first-order chi connectivity index (χ1) is 11.5. The van der Waals surface area contributed by atoms with Crippen LogP contribution in [0.1, 0.15) is 5.56 Å². The number of nitrogens with zero attached hydrogens (tertiary/aromatic N) is 2. The van der Waals surface area contributed by atoms with Gasteiger partial charge in [0, 0.05) is 25.6 Å². The van der Waals surface area contributed by atoms with Crippen LogP contribution in [-0.4, -0.2) is 46.6 Å². The first-order valence-corrected chi connectivity index (χ1v) is 11.3. The van der Waals surface area contributed by atoms with Crippen LogP contribution in [0.15, 0.2) is 47.6 Å². The lowest BCUT2D eigenvalue weighted by atomic mass is 10.2. The van der Waals surface area contributed by atoms with Gasteiger partial charge >= 0.3 is 0 Å². The molecule has 0 atom stereocenters. The average Bonchev–Trinajstić information content (AvgIpc) is 2.52. The maximum atomic E-state index is 13.0. The lowest BCUT2D eigenvalue weighted by Gasteiger charge is -2.24. The van der Waals surface area contributed by atoms with Gasteiger partial charge in [0.1, 0.15) is 15.7 Å². The van der Waals surface area contributed by atoms with E-state index in [0.717, 1.165) is 18.1 Å². The quantitative estimate of drug-likeness (QED) is 0.720. The van der Waals surface area contributed by atoms with E-state index in [4.69, 9.17) is 0 Å². The second kappa shape index (κ2) is 7.49. The summed E-state index contributed by atoms with van der Waals surface area (Å²) in [6.45, 7) is 0.547. The second-order valence-electron chi connectivity index (χ2n) is 5.80. The van der Waals surface area contributed by atoms with Crippen LogP contribution in [0.25, 0.3) is 0 Å². The summed E-state index contributed by atoms with van der Waals surface area (Å²) in [7, 11) is -6.59. The van der Waals surface area contributed by atoms with Gasteiger partial charge in [0.05, 0.1) is 17.6 Å². The molecule has 1 aromatic carbocycles. The molecule has 0 saturated carbocycles. The van der Waals surface area contributed by atoms with E-state index in [-0.39, 0.29) is 23.1 Å². The Morgan fingerprint density at radius 3 is 2.12 bits per heavy atom. The molecule has 0 bridgehead atoms. The summed E-state index contributed by atoms with van der Waals surface area (Å²) < 4.78 is 59.0. The van der Waals surface area contributed by atoms with Crippen molar-refractivity contribution in [3.8, 4) is 0 Å². The molecule has 0 radical (unpaired) electrons. The number of pyridine rings is 1. The Morgan fingerprint density at radius 2 is 1.64 bits per heavy atom. The predicted molar refractivity (Wildman–Crippen MR) is 94.5 cm³/mol. The fourth-order valence-electron chi connectivity index (χ4n) is 2.16. The van der Waals surface area contributed by atoms with Crippen molar-refractivity contribution in [1.29, 1.82) is 0 Å². The minimum atomic E-state index is -3.41. The molecule has 0 spiro atoms. The third-order valence-electron chi connectivity index (χ3n) is 3.48. The minimum Gasteiger partial charge on any atom is -0.365 e. The van der Waals surface area contributed by atoms with E-state index in [1.54, 1.807) is 23.1 Å². The third-order valence-corrected chi connectivity index (χ3v) is 5.41. The predicted octanol–water partition coefficient (Wildman–Crippen LogP) is 1.68. The van der Waals surface area contributed by atoms with Crippen molar-refractivity contribution in [3.05, 3.63) is 54.0 Å². The molecule has 2 aromatic rings. The van der Waals surface area contributed by atoms with Gasteiger partial charge in [-0.05, 0) is 29.8 Å². The van der Waals surface area contributed by atoms with Gasteiger partial charge in [-0.2, -0.15) is 0 Å². The van der Waals surface area contributed by atoms with E-state index < -0.39 is 19.7 Å². The summed E-state index contributed by atoms with van der Waals surface area (Å²) in [5.41, 5.74) is 1.38. The Bertz CT molecular complexity index is 925. The molecule has 2 rings (SSSR count). The SMILES string of the molecule is CS(=O)(=O)CCN(Cc1ccc(F)cc1)c1ccc(S(C)(=O)=O)nc1. The van der Waals surface area contributed by atoms with Crippen LogP contribution >= 0.6 is 0 Å². The smallest absolute Gasteiger partial charge is 0.192 e. The molecule has 0 amide bonds. The Hall–Kier alpha value is -2.00. The number of sulfone groups is 2. The van der Waals surface area contributed by atoms with Crippen LogP contribution in [0.3, 0.4) is 0 Å². The van der Waals surface area contributed by atoms with Gasteiger partial charge in [0.25, 0.3) is 0 Å². The van der Waals surface area contributed by atoms with Crippen LogP contribution in [0.5, 0.6) is 0 Å². The van der Waals surface area contributed by atoms with Gasteiger partial charge < -0.3 is 4.90 Å². The van der Waals surface area contributed by atoms with E-state index >= 15 is 0 Å². The van der Waals surface area contributed by atoms with Crippen molar-refractivity contribution in [3.63, 3.8) is 0 Å². The molecule has 9 heteroatoms. The summed E-state index contributed by atoms with van der Waals surface area (Å²) in [5, 5.41) is -0.0545. The molecule has 0 N–H and O–H groups in total. The molecule has 0 aliphatic carbocycles. The lowest BCUT2D eigenvalue weighted by molar-refractivity contribution is 0.598. The molecular weight excluding hydrogens is 367 g/mol. The number of anilines is 1. The number of halogens is 1. The van der Waals surface area contributed by atoms with Crippen molar-refractivity contribution >= 4 is 25.4 Å². The van der Waals surface area contributed by atoms with E-state index in [1.165, 1.54) is 24.4 Å². The maximum Gasteiger partial charge on any atom is 0.192 e. The standard InChI is InChI=1S/C16H19FN2O4S2/c1-24(20,21)10-9-19(12-13-3-5-14(17)6-4-13)15-7-8-16(18-11-15)25(2,22)23/h3-8,11H,9-10,12H2,1-2H3. The number of rotatable bonds is 7. The normalized spacial score (nSPS) is 12.1. The Kier molecular flexibility index (Phi) is 5.79. The van der Waals surface area contributed by atoms with E-state index in [0.29, 0.717) is 12.2 Å². The van der Waals surface area contributed by atoms with Gasteiger partial charge in [-0.3, -0.25) is 0 Å². The fraction of sp³-hybridized carbons (Fsp3) is 0.312. The fourth-order valence-corrected chi connectivity index (χ4v) is 3.28. The summed E-state index contributed by atoms with van der Waals surface area (Å²) in [5.74, 6) is -0.423. The first-order valence-electron chi connectivity index (χ1n) is 7.38. The Balaban J connectivity index is 2.28. The minimum absolute atomic E-state index is 0.0545. The van der Waals surface area contributed by atoms with Crippen LogP contribution in [0.4, 0.5) is 10.1 Å². The molecule has 136 valence electrons. The van der Waals surface area contributed by atoms with Crippen molar-refractivity contribution in [2.24, 2.45) is 0 Å². The van der Waals surface area contributed by atoms with Crippen molar-refractivity contribution < 1.29 is 21.2 Å². The zero-order valence-electron chi connectivity index (χ0n) is 13.9. The first kappa shape index (κ1) is 19.3. The van der Waals surface area contributed by atoms with E-state index in [2.05, 4.69) is 4.98 Å². The van der Waals surface area contributed by atoms with Crippen LogP contribution in [0, 0.1) is 5.82 Å². The van der Waals surface area contributed by atoms with Gasteiger partial charge in [-0.25, -0.2) is 26.2 Å². The summed E-state index contributed by atoms with van der Waals surface area (Å²) in [4.78, 5) is 5.69. The second-order valence-corrected chi connectivity index (χ2v) is 10.0. The lowest BCUT2D eigenvalue weighted by Crippen LogP contribution is -2.28. The van der Waals surface area contributed by atoms with Gasteiger partial charge in [-0.1, -0.05) is 12.1 Å². The maximum absolute atomic E-state index is 13.0. The topological polar surface area (TPSA) is 84.4 Å². The molecule has 0 unspecified atom stereocenters. The Labute approximate surface area is 147 Å². The van der Waals surface area contributed by atoms with Crippen molar-refractivity contribution in [2.75, 3.05) is 29.7 Å². The summed E-state index contributed by atoms with van der Waals surface area (Å²) in [6, 6.07) is 8.84. The summed E-state index contributed by atoms with van der Waals surface area (Å²) >= 11 is 0. The molecule has 0 saturated heterocycles. The van der Waals surface area contributed by atoms with E-state index in [1.807, 2.05) is 0 Å². The zero-order valence-corrected chi connectivity index (χ0v) is 15.5. The van der Waals surface area contributed by atoms with Gasteiger partial charge in [-0.15, -0.1) is 0 Å². The van der Waals surface area contributed by atoms with Crippen LogP contribution in [-0.2, 0) is 26.2 Å². The van der Waals surface area contributed by atoms with Crippen LogP contribution < -0.4 is 4.90 Å². The molecule has 1 aromatic heterocycles. The van der Waals surface area contributed by atoms with Crippen molar-refractivity contribution in [2.45, 2.75) is 11.6 Å². The number of hydrogen-bond donors (Lipinski definition) is 0. The highest BCUT2D eigenvalue weighted by Crippen LogP contribution is 2.18. The molecule has 6 nitrogen and oxygen atoms in total. The number of aromatic nitrogens is 1. The van der Waals surface area contributed by atoms with E-state index in [9.17, 15) is 21.2 Å². The number of benzene rings is 1. The molecule has 1 heterocycles. The number of hydrogen-bond acceptors (Lipinski definition) is 6. The van der Waals surface area contributed by atoms with Crippen LogP contribution in [0.2, 0.25) is 0 Å². The van der Waals surface area contributed by atoms with Gasteiger partial charge in [0.15, 0.2) is 14.9 Å². The highest BCUT2D eigenvalue weighted by atomic mass is 32.2. The third kappa shape index (κ3) is 6.09. The molecule has 0 aliphatic rings. The highest BCUT2D eigenvalue weighted by Gasteiger charge is 2.14. The Morgan fingerprint density at radius 1 is 1.00 bits per heavy atom. The highest BCUT2D eigenvalue weighted by molar-refractivity contribution is 7.90. The average molecular weight is 386 g/mol. The molecule has 0 aliphatic heterocycles. The van der Waals surface area contributed by atoms with Gasteiger partial charge in [0.2, 0.25) is 0 Å². The molecule has 0 fully saturated rings. The van der Waals surface area contributed by atoms with Crippen molar-refractivity contribution in [1.82, 2.24) is 4.98 Å².